The fourth-order valence-electron chi connectivity index (χ4n) is 5.72. The topological polar surface area (TPSA) is 119 Å². The average Bonchev–Trinajstić information content (AvgIpc) is 3.23. The summed E-state index contributed by atoms with van der Waals surface area (Å²) >= 11 is 0. The third-order valence-electron chi connectivity index (χ3n) is 8.85. The fraction of sp³-hybridized carbons (Fsp3) is 0.348. The Balaban J connectivity index is 0.988. The minimum atomic E-state index is -0.294. The van der Waals surface area contributed by atoms with Crippen LogP contribution in [-0.2, 0) is 35.1 Å². The molecule has 0 spiro atoms. The second-order valence-corrected chi connectivity index (χ2v) is 13.0. The molecule has 1 aliphatic carbocycles. The monoisotopic (exact) mass is 760 g/mol. The van der Waals surface area contributed by atoms with Crippen molar-refractivity contribution in [1.82, 2.24) is 0 Å². The van der Waals surface area contributed by atoms with Crippen LogP contribution in [0.5, 0.6) is 17.2 Å². The summed E-state index contributed by atoms with van der Waals surface area (Å²) in [4.78, 5) is 25.9. The molecule has 56 heavy (non-hydrogen) atoms. The first-order valence-corrected chi connectivity index (χ1v) is 18.8. The summed E-state index contributed by atoms with van der Waals surface area (Å²) in [6.45, 7) is 3.74. The van der Waals surface area contributed by atoms with Crippen LogP contribution in [0.2, 0.25) is 0 Å². The van der Waals surface area contributed by atoms with Crippen molar-refractivity contribution in [3.05, 3.63) is 125 Å². The Morgan fingerprint density at radius 1 is 0.518 bits per heavy atom. The summed E-state index contributed by atoms with van der Waals surface area (Å²) in [5, 5.41) is 8.72. The lowest BCUT2D eigenvalue weighted by molar-refractivity contribution is -0.145. The maximum Gasteiger partial charge on any atom is 0.314 e. The molecular formula is C46H48O10. The fourth-order valence-corrected chi connectivity index (χ4v) is 5.72. The SMILES string of the molecule is COCCOCCOc1ccc(C#Cc2ccc(OC(=O)C3CCC(C(=O)Oc4ccc(C#Cc5ccc(COCCOCCO)cc5)cc4)CC3)cc2)cc1. The van der Waals surface area contributed by atoms with E-state index in [4.69, 9.17) is 38.3 Å². The van der Waals surface area contributed by atoms with Gasteiger partial charge in [0.25, 0.3) is 0 Å². The van der Waals surface area contributed by atoms with Crippen molar-refractivity contribution < 1.29 is 47.9 Å². The van der Waals surface area contributed by atoms with Crippen molar-refractivity contribution in [1.29, 1.82) is 0 Å². The molecule has 0 saturated heterocycles. The zero-order valence-corrected chi connectivity index (χ0v) is 31.7. The molecule has 10 nitrogen and oxygen atoms in total. The Kier molecular flexibility index (Phi) is 17.5. The number of benzene rings is 4. The van der Waals surface area contributed by atoms with Gasteiger partial charge < -0.3 is 38.3 Å². The Morgan fingerprint density at radius 2 is 0.911 bits per heavy atom. The maximum absolute atomic E-state index is 12.9. The average molecular weight is 761 g/mol. The third-order valence-corrected chi connectivity index (χ3v) is 8.85. The van der Waals surface area contributed by atoms with Gasteiger partial charge in [-0.1, -0.05) is 35.8 Å². The molecule has 0 heterocycles. The predicted octanol–water partition coefficient (Wildman–Crippen LogP) is 6.37. The summed E-state index contributed by atoms with van der Waals surface area (Å²) in [5.74, 6) is 13.1. The number of carbonyl (C=O) groups is 2. The number of ether oxygens (including phenoxy) is 7. The number of esters is 2. The quantitative estimate of drug-likeness (QED) is 0.0531. The van der Waals surface area contributed by atoms with Crippen LogP contribution < -0.4 is 14.2 Å². The van der Waals surface area contributed by atoms with Gasteiger partial charge >= 0.3 is 11.9 Å². The standard InChI is InChI=1S/C46H48O10/c1-50-28-29-52-32-33-54-42-20-10-36(11-21-42)4-5-38-14-24-44(25-15-38)56-46(49)41-18-16-40(17-19-41)45(48)55-43-22-12-37(13-23-43)3-2-35-6-8-39(9-7-35)34-53-31-30-51-27-26-47/h6-15,20-25,40-41,47H,16-19,26-34H2,1H3. The number of aliphatic hydroxyl groups is 1. The van der Waals surface area contributed by atoms with E-state index >= 15 is 0 Å². The molecule has 1 aliphatic rings. The highest BCUT2D eigenvalue weighted by atomic mass is 16.5. The minimum absolute atomic E-state index is 0.00473. The van der Waals surface area contributed by atoms with Gasteiger partial charge in [0.1, 0.15) is 23.9 Å². The summed E-state index contributed by atoms with van der Waals surface area (Å²) in [7, 11) is 1.64. The molecule has 4 aromatic rings. The molecule has 0 radical (unpaired) electrons. The number of aliphatic hydroxyl groups excluding tert-OH is 1. The van der Waals surface area contributed by atoms with Crippen molar-refractivity contribution in [3.8, 4) is 40.9 Å². The van der Waals surface area contributed by atoms with E-state index < -0.39 is 0 Å². The summed E-state index contributed by atoms with van der Waals surface area (Å²) in [5.41, 5.74) is 4.35. The third kappa shape index (κ3) is 14.6. The van der Waals surface area contributed by atoms with Crippen LogP contribution in [0.15, 0.2) is 97.1 Å². The van der Waals surface area contributed by atoms with E-state index in [1.165, 1.54) is 0 Å². The molecule has 0 amide bonds. The van der Waals surface area contributed by atoms with Crippen LogP contribution in [0.4, 0.5) is 0 Å². The molecule has 4 aromatic carbocycles. The number of methoxy groups -OCH3 is 1. The van der Waals surface area contributed by atoms with Crippen LogP contribution in [-0.4, -0.2) is 77.0 Å². The lowest BCUT2D eigenvalue weighted by Gasteiger charge is -2.25. The van der Waals surface area contributed by atoms with Crippen molar-refractivity contribution in [2.45, 2.75) is 32.3 Å². The summed E-state index contributed by atoms with van der Waals surface area (Å²) in [6, 6.07) is 29.6. The van der Waals surface area contributed by atoms with Crippen molar-refractivity contribution >= 4 is 11.9 Å². The molecule has 0 unspecified atom stereocenters. The van der Waals surface area contributed by atoms with Gasteiger partial charge in [-0.25, -0.2) is 0 Å². The molecule has 0 bridgehead atoms. The van der Waals surface area contributed by atoms with E-state index in [0.29, 0.717) is 90.0 Å². The largest absolute Gasteiger partial charge is 0.491 e. The van der Waals surface area contributed by atoms with E-state index in [9.17, 15) is 9.59 Å². The lowest BCUT2D eigenvalue weighted by atomic mass is 9.82. The highest BCUT2D eigenvalue weighted by Crippen LogP contribution is 2.31. The Labute approximate surface area is 329 Å². The van der Waals surface area contributed by atoms with Crippen molar-refractivity contribution in [2.24, 2.45) is 11.8 Å². The van der Waals surface area contributed by atoms with Crippen LogP contribution in [0.1, 0.15) is 53.5 Å². The van der Waals surface area contributed by atoms with Gasteiger partial charge in [-0.3, -0.25) is 9.59 Å². The van der Waals surface area contributed by atoms with Gasteiger partial charge in [-0.15, -0.1) is 0 Å². The number of rotatable bonds is 18. The van der Waals surface area contributed by atoms with E-state index in [-0.39, 0.29) is 30.4 Å². The Morgan fingerprint density at radius 3 is 1.38 bits per heavy atom. The molecule has 5 rings (SSSR count). The smallest absolute Gasteiger partial charge is 0.314 e. The van der Waals surface area contributed by atoms with Gasteiger partial charge in [0.05, 0.1) is 64.7 Å². The molecule has 1 fully saturated rings. The second kappa shape index (κ2) is 23.5. The van der Waals surface area contributed by atoms with E-state index in [1.807, 2.05) is 72.8 Å². The molecular weight excluding hydrogens is 712 g/mol. The first-order valence-electron chi connectivity index (χ1n) is 18.8. The molecule has 0 aromatic heterocycles. The van der Waals surface area contributed by atoms with E-state index in [2.05, 4.69) is 23.7 Å². The van der Waals surface area contributed by atoms with Crippen LogP contribution in [0.3, 0.4) is 0 Å². The van der Waals surface area contributed by atoms with Gasteiger partial charge in [0.2, 0.25) is 0 Å². The first-order chi connectivity index (χ1) is 27.5. The molecule has 1 N–H and O–H groups in total. The van der Waals surface area contributed by atoms with Crippen LogP contribution in [0, 0.1) is 35.5 Å². The maximum atomic E-state index is 12.9. The Bertz CT molecular complexity index is 1760. The number of carbonyl (C=O) groups excluding carboxylic acids is 2. The van der Waals surface area contributed by atoms with Gasteiger partial charge in [0, 0.05) is 29.4 Å². The Hall–Kier alpha value is -5.46. The van der Waals surface area contributed by atoms with Crippen LogP contribution in [0.25, 0.3) is 0 Å². The van der Waals surface area contributed by atoms with Crippen LogP contribution >= 0.6 is 0 Å². The highest BCUT2D eigenvalue weighted by Gasteiger charge is 2.32. The zero-order valence-electron chi connectivity index (χ0n) is 31.7. The number of hydrogen-bond acceptors (Lipinski definition) is 10. The molecule has 0 atom stereocenters. The van der Waals surface area contributed by atoms with Gasteiger partial charge in [-0.05, 0) is 116 Å². The summed E-state index contributed by atoms with van der Waals surface area (Å²) in [6.07, 6.45) is 2.21. The van der Waals surface area contributed by atoms with Gasteiger partial charge in [-0.2, -0.15) is 0 Å². The molecule has 292 valence electrons. The first kappa shape index (κ1) is 41.7. The van der Waals surface area contributed by atoms with Crippen molar-refractivity contribution in [3.63, 3.8) is 0 Å². The molecule has 0 aliphatic heterocycles. The predicted molar refractivity (Wildman–Crippen MR) is 210 cm³/mol. The molecule has 10 heteroatoms. The zero-order chi connectivity index (χ0) is 39.2. The normalized spacial score (nSPS) is 14.8. The second-order valence-electron chi connectivity index (χ2n) is 13.0. The minimum Gasteiger partial charge on any atom is -0.491 e. The van der Waals surface area contributed by atoms with E-state index in [1.54, 1.807) is 31.4 Å². The van der Waals surface area contributed by atoms with E-state index in [0.717, 1.165) is 33.6 Å². The molecule has 1 saturated carbocycles. The van der Waals surface area contributed by atoms with Gasteiger partial charge in [0.15, 0.2) is 0 Å². The summed E-state index contributed by atoms with van der Waals surface area (Å²) < 4.78 is 38.1. The number of hydrogen-bond donors (Lipinski definition) is 1. The van der Waals surface area contributed by atoms with Crippen molar-refractivity contribution in [2.75, 3.05) is 60.0 Å². The highest BCUT2D eigenvalue weighted by molar-refractivity contribution is 5.78. The lowest BCUT2D eigenvalue weighted by Crippen LogP contribution is -2.30.